The molecule has 0 bridgehead atoms. The maximum absolute atomic E-state index is 6.31. The van der Waals surface area contributed by atoms with E-state index in [9.17, 15) is 0 Å². The highest BCUT2D eigenvalue weighted by Gasteiger charge is 2.10. The first-order valence-corrected chi connectivity index (χ1v) is 7.62. The summed E-state index contributed by atoms with van der Waals surface area (Å²) in [7, 11) is 0. The number of hydrogen-bond donors (Lipinski definition) is 1. The minimum absolute atomic E-state index is 0.798. The molecule has 0 atom stereocenters. The molecule has 1 aromatic heterocycles. The fraction of sp³-hybridized carbons (Fsp3) is 0.333. The third-order valence-electron chi connectivity index (χ3n) is 2.84. The van der Waals surface area contributed by atoms with Crippen LogP contribution in [0.3, 0.4) is 0 Å². The van der Waals surface area contributed by atoms with Crippen LogP contribution in [0.4, 0.5) is 0 Å². The predicted octanol–water partition coefficient (Wildman–Crippen LogP) is 4.89. The van der Waals surface area contributed by atoms with Gasteiger partial charge in [0.2, 0.25) is 0 Å². The Morgan fingerprint density at radius 2 is 2.11 bits per heavy atom. The number of furan rings is 1. The third kappa shape index (κ3) is 3.78. The lowest BCUT2D eigenvalue weighted by molar-refractivity contribution is 0.527. The Kier molecular flexibility index (Phi) is 5.37. The van der Waals surface area contributed by atoms with Gasteiger partial charge in [-0.2, -0.15) is 0 Å². The van der Waals surface area contributed by atoms with Crippen LogP contribution in [0.5, 0.6) is 0 Å². The van der Waals surface area contributed by atoms with E-state index in [1.807, 2.05) is 25.1 Å². The Balaban J connectivity index is 2.19. The molecule has 2 nitrogen and oxygen atoms in total. The number of benzene rings is 1. The predicted molar refractivity (Wildman–Crippen MR) is 81.0 cm³/mol. The summed E-state index contributed by atoms with van der Waals surface area (Å²) >= 11 is 8.01. The molecule has 0 saturated carbocycles. The Bertz CT molecular complexity index is 539. The van der Waals surface area contributed by atoms with Crippen molar-refractivity contribution < 1.29 is 4.42 Å². The van der Waals surface area contributed by atoms with Crippen molar-refractivity contribution in [3.8, 4) is 0 Å². The molecule has 1 aromatic carbocycles. The molecule has 0 aliphatic heterocycles. The molecule has 19 heavy (non-hydrogen) atoms. The van der Waals surface area contributed by atoms with Gasteiger partial charge in [-0.25, -0.2) is 0 Å². The van der Waals surface area contributed by atoms with Crippen LogP contribution >= 0.6 is 23.4 Å². The van der Waals surface area contributed by atoms with Crippen LogP contribution in [0.25, 0.3) is 0 Å². The van der Waals surface area contributed by atoms with E-state index in [0.717, 1.165) is 40.8 Å². The van der Waals surface area contributed by atoms with Crippen molar-refractivity contribution >= 4 is 23.4 Å². The van der Waals surface area contributed by atoms with Gasteiger partial charge in [-0.1, -0.05) is 36.4 Å². The highest BCUT2D eigenvalue weighted by Crippen LogP contribution is 2.35. The number of rotatable bonds is 6. The zero-order valence-electron chi connectivity index (χ0n) is 11.2. The molecule has 0 saturated heterocycles. The lowest BCUT2D eigenvalue weighted by Gasteiger charge is -2.11. The highest BCUT2D eigenvalue weighted by atomic mass is 35.5. The zero-order chi connectivity index (χ0) is 13.7. The summed E-state index contributed by atoms with van der Waals surface area (Å²) in [6.07, 6.45) is 2.84. The SMILES string of the molecule is CCCNCc1c(Cl)cccc1Sc1ccoc1C. The van der Waals surface area contributed by atoms with Crippen molar-refractivity contribution in [2.75, 3.05) is 6.54 Å². The first-order chi connectivity index (χ1) is 9.22. The fourth-order valence-corrected chi connectivity index (χ4v) is 3.10. The van der Waals surface area contributed by atoms with Crippen LogP contribution in [-0.2, 0) is 6.54 Å². The summed E-state index contributed by atoms with van der Waals surface area (Å²) in [4.78, 5) is 2.32. The van der Waals surface area contributed by atoms with Crippen molar-refractivity contribution in [1.82, 2.24) is 5.32 Å². The number of aryl methyl sites for hydroxylation is 1. The van der Waals surface area contributed by atoms with Crippen molar-refractivity contribution in [2.45, 2.75) is 36.6 Å². The van der Waals surface area contributed by atoms with Crippen molar-refractivity contribution in [3.63, 3.8) is 0 Å². The lowest BCUT2D eigenvalue weighted by atomic mass is 10.2. The molecule has 0 aliphatic rings. The normalized spacial score (nSPS) is 10.9. The smallest absolute Gasteiger partial charge is 0.114 e. The van der Waals surface area contributed by atoms with Gasteiger partial charge in [0.15, 0.2) is 0 Å². The van der Waals surface area contributed by atoms with Gasteiger partial charge in [0.05, 0.1) is 11.2 Å². The van der Waals surface area contributed by atoms with E-state index in [2.05, 4.69) is 18.3 Å². The molecule has 0 amide bonds. The molecule has 0 fully saturated rings. The summed E-state index contributed by atoms with van der Waals surface area (Å²) in [6, 6.07) is 8.02. The van der Waals surface area contributed by atoms with Gasteiger partial charge in [0.1, 0.15) is 5.76 Å². The van der Waals surface area contributed by atoms with Crippen LogP contribution in [0.15, 0.2) is 44.7 Å². The van der Waals surface area contributed by atoms with Gasteiger partial charge in [-0.3, -0.25) is 0 Å². The van der Waals surface area contributed by atoms with Crippen LogP contribution in [0.1, 0.15) is 24.7 Å². The Labute approximate surface area is 123 Å². The second-order valence-corrected chi connectivity index (χ2v) is 5.83. The van der Waals surface area contributed by atoms with Gasteiger partial charge >= 0.3 is 0 Å². The quantitative estimate of drug-likeness (QED) is 0.768. The van der Waals surface area contributed by atoms with E-state index in [1.165, 1.54) is 4.90 Å². The standard InChI is InChI=1S/C15H18ClNOS/c1-3-8-17-10-12-13(16)5-4-6-15(12)19-14-7-9-18-11(14)2/h4-7,9,17H,3,8,10H2,1-2H3. The zero-order valence-corrected chi connectivity index (χ0v) is 12.8. The highest BCUT2D eigenvalue weighted by molar-refractivity contribution is 7.99. The second kappa shape index (κ2) is 7.04. The largest absolute Gasteiger partial charge is 0.468 e. The topological polar surface area (TPSA) is 25.2 Å². The molecule has 2 aromatic rings. The monoisotopic (exact) mass is 295 g/mol. The maximum atomic E-state index is 6.31. The Morgan fingerprint density at radius 1 is 1.26 bits per heavy atom. The van der Waals surface area contributed by atoms with Gasteiger partial charge < -0.3 is 9.73 Å². The molecule has 2 rings (SSSR count). The lowest BCUT2D eigenvalue weighted by Crippen LogP contribution is -2.14. The number of hydrogen-bond acceptors (Lipinski definition) is 3. The molecule has 0 unspecified atom stereocenters. The van der Waals surface area contributed by atoms with Gasteiger partial charge in [0, 0.05) is 16.5 Å². The molecule has 0 radical (unpaired) electrons. The molecule has 0 aliphatic carbocycles. The van der Waals surface area contributed by atoms with Gasteiger partial charge in [-0.05, 0) is 43.7 Å². The molecule has 1 N–H and O–H groups in total. The molecule has 4 heteroatoms. The third-order valence-corrected chi connectivity index (χ3v) is 4.44. The molecular weight excluding hydrogens is 278 g/mol. The Morgan fingerprint density at radius 3 is 2.79 bits per heavy atom. The van der Waals surface area contributed by atoms with Gasteiger partial charge in [-0.15, -0.1) is 0 Å². The molecule has 102 valence electrons. The van der Waals surface area contributed by atoms with E-state index < -0.39 is 0 Å². The first kappa shape index (κ1) is 14.5. The average Bonchev–Trinajstić information content (AvgIpc) is 2.79. The summed E-state index contributed by atoms with van der Waals surface area (Å²) in [5.41, 5.74) is 1.16. The summed E-state index contributed by atoms with van der Waals surface area (Å²) < 4.78 is 5.34. The average molecular weight is 296 g/mol. The minimum Gasteiger partial charge on any atom is -0.468 e. The van der Waals surface area contributed by atoms with E-state index in [1.54, 1.807) is 18.0 Å². The summed E-state index contributed by atoms with van der Waals surface area (Å²) in [5, 5.41) is 4.22. The first-order valence-electron chi connectivity index (χ1n) is 6.42. The van der Waals surface area contributed by atoms with Crippen LogP contribution in [0, 0.1) is 6.92 Å². The van der Waals surface area contributed by atoms with E-state index in [0.29, 0.717) is 0 Å². The summed E-state index contributed by atoms with van der Waals surface area (Å²) in [6.45, 7) is 5.93. The van der Waals surface area contributed by atoms with Crippen molar-refractivity contribution in [2.24, 2.45) is 0 Å². The maximum Gasteiger partial charge on any atom is 0.114 e. The van der Waals surface area contributed by atoms with Crippen LogP contribution in [-0.4, -0.2) is 6.54 Å². The van der Waals surface area contributed by atoms with Crippen molar-refractivity contribution in [1.29, 1.82) is 0 Å². The number of nitrogens with one attached hydrogen (secondary N) is 1. The van der Waals surface area contributed by atoms with Gasteiger partial charge in [0.25, 0.3) is 0 Å². The molecular formula is C15H18ClNOS. The van der Waals surface area contributed by atoms with E-state index in [-0.39, 0.29) is 0 Å². The van der Waals surface area contributed by atoms with E-state index in [4.69, 9.17) is 16.0 Å². The minimum atomic E-state index is 0.798. The van der Waals surface area contributed by atoms with E-state index >= 15 is 0 Å². The summed E-state index contributed by atoms with van der Waals surface area (Å²) in [5.74, 6) is 0.942. The second-order valence-electron chi connectivity index (χ2n) is 4.34. The fourth-order valence-electron chi connectivity index (χ4n) is 1.79. The molecule has 0 spiro atoms. The van der Waals surface area contributed by atoms with Crippen LogP contribution < -0.4 is 5.32 Å². The Hall–Kier alpha value is -0.900. The van der Waals surface area contributed by atoms with Crippen LogP contribution in [0.2, 0.25) is 5.02 Å². The van der Waals surface area contributed by atoms with Crippen molar-refractivity contribution in [3.05, 3.63) is 46.9 Å². The molecule has 1 heterocycles. The number of halogens is 1.